The van der Waals surface area contributed by atoms with E-state index >= 15 is 0 Å². The van der Waals surface area contributed by atoms with Crippen molar-refractivity contribution < 1.29 is 9.59 Å². The molecule has 0 unspecified atom stereocenters. The maximum absolute atomic E-state index is 12.6. The molecule has 3 aromatic carbocycles. The Labute approximate surface area is 198 Å². The summed E-state index contributed by atoms with van der Waals surface area (Å²) in [5.74, 6) is 0.156. The van der Waals surface area contributed by atoms with Crippen LogP contribution in [-0.4, -0.2) is 36.3 Å². The van der Waals surface area contributed by atoms with E-state index in [0.29, 0.717) is 25.1 Å². The molecule has 5 rings (SSSR count). The van der Waals surface area contributed by atoms with Gasteiger partial charge < -0.3 is 15.1 Å². The highest BCUT2D eigenvalue weighted by atomic mass is 32.2. The molecule has 33 heavy (non-hydrogen) atoms. The first-order valence-corrected chi connectivity index (χ1v) is 12.3. The van der Waals surface area contributed by atoms with Crippen LogP contribution in [0.2, 0.25) is 0 Å². The van der Waals surface area contributed by atoms with Crippen molar-refractivity contribution in [3.63, 3.8) is 0 Å². The molecule has 1 N–H and O–H groups in total. The topological polar surface area (TPSA) is 52.7 Å². The van der Waals surface area contributed by atoms with E-state index in [1.165, 1.54) is 21.2 Å². The molecule has 168 valence electrons. The van der Waals surface area contributed by atoms with Crippen LogP contribution < -0.4 is 10.2 Å². The first-order chi connectivity index (χ1) is 16.2. The second-order valence-corrected chi connectivity index (χ2v) is 9.50. The summed E-state index contributed by atoms with van der Waals surface area (Å²) in [6, 6.07) is 24.5. The molecule has 0 aliphatic carbocycles. The molecule has 0 spiro atoms. The van der Waals surface area contributed by atoms with Gasteiger partial charge in [-0.05, 0) is 54.8 Å². The third-order valence-corrected chi connectivity index (χ3v) is 7.27. The number of likely N-dealkylation sites (tertiary alicyclic amines) is 1. The van der Waals surface area contributed by atoms with Crippen LogP contribution in [0.1, 0.15) is 35.2 Å². The highest BCUT2D eigenvalue weighted by molar-refractivity contribution is 7.99. The van der Waals surface area contributed by atoms with Gasteiger partial charge in [0.05, 0.1) is 11.4 Å². The molecule has 5 nitrogen and oxygen atoms in total. The quantitative estimate of drug-likeness (QED) is 0.494. The largest absolute Gasteiger partial charge is 0.352 e. The molecule has 0 atom stereocenters. The molecule has 2 amide bonds. The van der Waals surface area contributed by atoms with E-state index < -0.39 is 0 Å². The molecular formula is C27H27N3O2S. The lowest BCUT2D eigenvalue weighted by Gasteiger charge is -2.32. The van der Waals surface area contributed by atoms with Crippen LogP contribution in [0.4, 0.5) is 11.4 Å². The Morgan fingerprint density at radius 3 is 2.21 bits per heavy atom. The molecule has 2 heterocycles. The first kappa shape index (κ1) is 21.6. The van der Waals surface area contributed by atoms with E-state index in [1.807, 2.05) is 29.2 Å². The molecule has 0 saturated carbocycles. The van der Waals surface area contributed by atoms with Crippen LogP contribution in [0, 0.1) is 0 Å². The Morgan fingerprint density at radius 1 is 0.909 bits per heavy atom. The van der Waals surface area contributed by atoms with Gasteiger partial charge in [-0.2, -0.15) is 0 Å². The van der Waals surface area contributed by atoms with Crippen molar-refractivity contribution in [3.05, 3.63) is 83.9 Å². The van der Waals surface area contributed by atoms with E-state index in [4.69, 9.17) is 0 Å². The van der Waals surface area contributed by atoms with Gasteiger partial charge in [0, 0.05) is 48.0 Å². The minimum Gasteiger partial charge on any atom is -0.352 e. The van der Waals surface area contributed by atoms with Crippen molar-refractivity contribution >= 4 is 35.0 Å². The summed E-state index contributed by atoms with van der Waals surface area (Å²) >= 11 is 1.81. The number of carbonyl (C=O) groups is 2. The summed E-state index contributed by atoms with van der Waals surface area (Å²) in [6.45, 7) is 2.89. The zero-order chi connectivity index (χ0) is 22.6. The van der Waals surface area contributed by atoms with E-state index in [1.54, 1.807) is 11.8 Å². The molecule has 1 saturated heterocycles. The molecule has 6 heteroatoms. The first-order valence-electron chi connectivity index (χ1n) is 11.5. The molecule has 0 radical (unpaired) electrons. The number of anilines is 2. The zero-order valence-electron chi connectivity index (χ0n) is 18.5. The molecule has 0 aromatic heterocycles. The number of amides is 2. The summed E-state index contributed by atoms with van der Waals surface area (Å²) in [4.78, 5) is 31.2. The third kappa shape index (κ3) is 4.76. The zero-order valence-corrected chi connectivity index (χ0v) is 19.3. The monoisotopic (exact) mass is 457 g/mol. The lowest BCUT2D eigenvalue weighted by atomic mass is 10.1. The number of hydrogen-bond donors (Lipinski definition) is 1. The van der Waals surface area contributed by atoms with Crippen LogP contribution in [0.15, 0.2) is 82.6 Å². The number of carbonyl (C=O) groups excluding carboxylic acids is 2. The number of fused-ring (bicyclic) bond motifs is 2. The smallest absolute Gasteiger partial charge is 0.251 e. The van der Waals surface area contributed by atoms with Gasteiger partial charge >= 0.3 is 0 Å². The molecule has 3 aromatic rings. The number of benzene rings is 3. The average Bonchev–Trinajstić information content (AvgIpc) is 3.25. The highest BCUT2D eigenvalue weighted by Crippen LogP contribution is 2.47. The van der Waals surface area contributed by atoms with Gasteiger partial charge in [0.15, 0.2) is 0 Å². The predicted octanol–water partition coefficient (Wildman–Crippen LogP) is 5.23. The molecule has 0 bridgehead atoms. The van der Waals surface area contributed by atoms with Crippen molar-refractivity contribution in [2.24, 2.45) is 0 Å². The van der Waals surface area contributed by atoms with Gasteiger partial charge in [-0.25, -0.2) is 0 Å². The minimum atomic E-state index is -0.0613. The van der Waals surface area contributed by atoms with Crippen molar-refractivity contribution in [2.75, 3.05) is 24.5 Å². The number of para-hydroxylation sites is 2. The van der Waals surface area contributed by atoms with E-state index in [-0.39, 0.29) is 11.8 Å². The highest BCUT2D eigenvalue weighted by Gasteiger charge is 2.22. The fourth-order valence-corrected chi connectivity index (χ4v) is 5.51. The van der Waals surface area contributed by atoms with Gasteiger partial charge in [0.1, 0.15) is 0 Å². The summed E-state index contributed by atoms with van der Waals surface area (Å²) in [5, 5.41) is 3.05. The SMILES string of the molecule is O=C(NCCCN1c2ccccc2Sc2ccccc21)c1ccc(CN2CCCC2=O)cc1. The van der Waals surface area contributed by atoms with Crippen molar-refractivity contribution in [3.8, 4) is 0 Å². The second kappa shape index (κ2) is 9.71. The third-order valence-electron chi connectivity index (χ3n) is 6.14. The lowest BCUT2D eigenvalue weighted by molar-refractivity contribution is -0.128. The normalized spacial score (nSPS) is 14.7. The maximum Gasteiger partial charge on any atom is 0.251 e. The Balaban J connectivity index is 1.16. The van der Waals surface area contributed by atoms with Crippen LogP contribution in [-0.2, 0) is 11.3 Å². The minimum absolute atomic E-state index is 0.0613. The number of nitrogens with one attached hydrogen (secondary N) is 1. The van der Waals surface area contributed by atoms with Crippen molar-refractivity contribution in [2.45, 2.75) is 35.6 Å². The van der Waals surface area contributed by atoms with Gasteiger partial charge in [0.2, 0.25) is 5.91 Å². The molecule has 1 fully saturated rings. The Hall–Kier alpha value is -3.25. The second-order valence-electron chi connectivity index (χ2n) is 8.41. The summed E-state index contributed by atoms with van der Waals surface area (Å²) < 4.78 is 0. The molecule has 2 aliphatic heterocycles. The number of hydrogen-bond acceptors (Lipinski definition) is 4. The van der Waals surface area contributed by atoms with E-state index in [2.05, 4.69) is 58.7 Å². The molecule has 2 aliphatic rings. The predicted molar refractivity (Wildman–Crippen MR) is 132 cm³/mol. The van der Waals surface area contributed by atoms with Crippen LogP contribution in [0.25, 0.3) is 0 Å². The summed E-state index contributed by atoms with van der Waals surface area (Å²) in [7, 11) is 0. The van der Waals surface area contributed by atoms with Gasteiger partial charge in [-0.3, -0.25) is 9.59 Å². The lowest BCUT2D eigenvalue weighted by Crippen LogP contribution is -2.29. The maximum atomic E-state index is 12.6. The van der Waals surface area contributed by atoms with Crippen LogP contribution in [0.3, 0.4) is 0 Å². The molecular weight excluding hydrogens is 430 g/mol. The Bertz CT molecular complexity index is 1120. The Morgan fingerprint density at radius 2 is 1.58 bits per heavy atom. The fourth-order valence-electron chi connectivity index (χ4n) is 4.42. The number of nitrogens with zero attached hydrogens (tertiary/aromatic N) is 2. The van der Waals surface area contributed by atoms with Crippen LogP contribution >= 0.6 is 11.8 Å². The van der Waals surface area contributed by atoms with Crippen molar-refractivity contribution in [1.82, 2.24) is 10.2 Å². The van der Waals surface area contributed by atoms with Gasteiger partial charge in [0.25, 0.3) is 5.91 Å². The van der Waals surface area contributed by atoms with Crippen molar-refractivity contribution in [1.29, 1.82) is 0 Å². The van der Waals surface area contributed by atoms with Crippen LogP contribution in [0.5, 0.6) is 0 Å². The summed E-state index contributed by atoms with van der Waals surface area (Å²) in [5.41, 5.74) is 4.15. The van der Waals surface area contributed by atoms with E-state index in [0.717, 1.165) is 31.5 Å². The fraction of sp³-hybridized carbons (Fsp3) is 0.259. The standard InChI is InChI=1S/C27H27N3O2S/c31-26-11-5-17-29(26)19-20-12-14-21(15-13-20)27(32)28-16-6-18-30-22-7-1-3-9-24(22)33-25-10-4-2-8-23(25)30/h1-4,7-10,12-15H,5-6,11,16-19H2,(H,28,32). The number of rotatable bonds is 7. The Kier molecular flexibility index (Phi) is 6.35. The average molecular weight is 458 g/mol. The van der Waals surface area contributed by atoms with E-state index in [9.17, 15) is 9.59 Å². The van der Waals surface area contributed by atoms with Gasteiger partial charge in [-0.1, -0.05) is 48.2 Å². The summed E-state index contributed by atoms with van der Waals surface area (Å²) in [6.07, 6.45) is 2.43. The van der Waals surface area contributed by atoms with Gasteiger partial charge in [-0.15, -0.1) is 0 Å².